The normalized spacial score (nSPS) is 34.8. The second-order valence-corrected chi connectivity index (χ2v) is 7.33. The van der Waals surface area contributed by atoms with Gasteiger partial charge in [-0.25, -0.2) is 0 Å². The first-order chi connectivity index (χ1) is 9.09. The van der Waals surface area contributed by atoms with Gasteiger partial charge in [0.2, 0.25) is 0 Å². The van der Waals surface area contributed by atoms with Crippen LogP contribution in [0.15, 0.2) is 30.3 Å². The molecule has 2 fully saturated rings. The van der Waals surface area contributed by atoms with Gasteiger partial charge in [-0.1, -0.05) is 57.0 Å². The minimum Gasteiger partial charge on any atom is -0.327 e. The number of hydrogen-bond donors (Lipinski definition) is 1. The highest BCUT2D eigenvalue weighted by atomic mass is 14.7. The highest BCUT2D eigenvalue weighted by Gasteiger charge is 2.48. The van der Waals surface area contributed by atoms with Crippen LogP contribution in [-0.4, -0.2) is 6.04 Å². The Balaban J connectivity index is 1.68. The molecule has 0 aromatic heterocycles. The molecule has 1 aromatic rings. The van der Waals surface area contributed by atoms with Crippen LogP contribution in [0.2, 0.25) is 0 Å². The molecule has 4 atom stereocenters. The molecule has 0 saturated heterocycles. The number of nitrogens with two attached hydrogens (primary N) is 1. The van der Waals surface area contributed by atoms with E-state index in [1.54, 1.807) is 0 Å². The van der Waals surface area contributed by atoms with Crippen LogP contribution >= 0.6 is 0 Å². The van der Waals surface area contributed by atoms with Crippen molar-refractivity contribution in [2.24, 2.45) is 23.0 Å². The average molecular weight is 257 g/mol. The van der Waals surface area contributed by atoms with E-state index in [1.807, 2.05) is 0 Å². The molecule has 0 heterocycles. The fraction of sp³-hybridized carbons (Fsp3) is 0.667. The van der Waals surface area contributed by atoms with E-state index in [1.165, 1.54) is 37.7 Å². The Labute approximate surface area is 117 Å². The van der Waals surface area contributed by atoms with E-state index in [2.05, 4.69) is 44.2 Å². The lowest BCUT2D eigenvalue weighted by Crippen LogP contribution is -2.43. The summed E-state index contributed by atoms with van der Waals surface area (Å²) < 4.78 is 0. The molecular formula is C18H27N. The van der Waals surface area contributed by atoms with Gasteiger partial charge >= 0.3 is 0 Å². The largest absolute Gasteiger partial charge is 0.327 e. The molecule has 104 valence electrons. The van der Waals surface area contributed by atoms with Crippen molar-refractivity contribution in [3.8, 4) is 0 Å². The molecule has 1 nitrogen and oxygen atoms in total. The van der Waals surface area contributed by atoms with Crippen LogP contribution < -0.4 is 5.73 Å². The summed E-state index contributed by atoms with van der Waals surface area (Å²) in [5.41, 5.74) is 8.60. The van der Waals surface area contributed by atoms with Crippen molar-refractivity contribution in [1.29, 1.82) is 0 Å². The Hall–Kier alpha value is -0.820. The summed E-state index contributed by atoms with van der Waals surface area (Å²) in [5, 5.41) is 0. The molecule has 1 aromatic carbocycles. The Bertz CT molecular complexity index is 423. The lowest BCUT2D eigenvalue weighted by molar-refractivity contribution is 0.104. The Kier molecular flexibility index (Phi) is 3.42. The summed E-state index contributed by atoms with van der Waals surface area (Å²) in [5.74, 6) is 2.18. The van der Waals surface area contributed by atoms with Crippen LogP contribution in [-0.2, 0) is 0 Å². The minimum atomic E-state index is 0.403. The lowest BCUT2D eigenvalue weighted by atomic mass is 9.65. The molecule has 4 unspecified atom stereocenters. The molecule has 0 bridgehead atoms. The zero-order valence-electron chi connectivity index (χ0n) is 12.3. The molecule has 0 spiro atoms. The van der Waals surface area contributed by atoms with Gasteiger partial charge < -0.3 is 5.73 Å². The maximum Gasteiger partial charge on any atom is 0.0107 e. The van der Waals surface area contributed by atoms with Gasteiger partial charge in [-0.15, -0.1) is 0 Å². The Morgan fingerprint density at radius 1 is 1.16 bits per heavy atom. The van der Waals surface area contributed by atoms with Gasteiger partial charge in [-0.3, -0.25) is 0 Å². The molecule has 2 aliphatic carbocycles. The van der Waals surface area contributed by atoms with Gasteiger partial charge in [-0.2, -0.15) is 0 Å². The molecule has 0 radical (unpaired) electrons. The lowest BCUT2D eigenvalue weighted by Gasteiger charge is -2.42. The quantitative estimate of drug-likeness (QED) is 0.856. The minimum absolute atomic E-state index is 0.403. The van der Waals surface area contributed by atoms with Gasteiger partial charge in [0.25, 0.3) is 0 Å². The summed E-state index contributed by atoms with van der Waals surface area (Å²) in [6, 6.07) is 11.3. The van der Waals surface area contributed by atoms with Crippen molar-refractivity contribution in [2.75, 3.05) is 0 Å². The molecule has 1 heteroatoms. The van der Waals surface area contributed by atoms with Crippen molar-refractivity contribution in [3.63, 3.8) is 0 Å². The first kappa shape index (κ1) is 13.2. The van der Waals surface area contributed by atoms with E-state index in [-0.39, 0.29) is 0 Å². The standard InChI is InChI=1S/C18H27N/c1-18(2)11-7-6-10-16(18)17(19)15-12-14(15)13-8-4-3-5-9-13/h3-5,8-9,14-17H,6-7,10-12,19H2,1-2H3. The molecule has 2 saturated carbocycles. The summed E-state index contributed by atoms with van der Waals surface area (Å²) >= 11 is 0. The summed E-state index contributed by atoms with van der Waals surface area (Å²) in [6.45, 7) is 4.85. The zero-order chi connectivity index (χ0) is 13.5. The second kappa shape index (κ2) is 4.94. The fourth-order valence-electron chi connectivity index (χ4n) is 4.26. The third kappa shape index (κ3) is 2.58. The van der Waals surface area contributed by atoms with Crippen molar-refractivity contribution >= 4 is 0 Å². The van der Waals surface area contributed by atoms with Crippen molar-refractivity contribution < 1.29 is 0 Å². The van der Waals surface area contributed by atoms with E-state index in [0.717, 1.165) is 17.8 Å². The molecule has 0 aliphatic heterocycles. The average Bonchev–Trinajstić information content (AvgIpc) is 3.19. The number of hydrogen-bond acceptors (Lipinski definition) is 1. The first-order valence-electron chi connectivity index (χ1n) is 7.90. The van der Waals surface area contributed by atoms with E-state index >= 15 is 0 Å². The van der Waals surface area contributed by atoms with Gasteiger partial charge in [0.05, 0.1) is 0 Å². The molecule has 19 heavy (non-hydrogen) atoms. The maximum atomic E-state index is 6.66. The fourth-order valence-corrected chi connectivity index (χ4v) is 4.26. The third-order valence-electron chi connectivity index (χ3n) is 5.62. The van der Waals surface area contributed by atoms with Crippen molar-refractivity contribution in [1.82, 2.24) is 0 Å². The smallest absolute Gasteiger partial charge is 0.0107 e. The molecule has 3 rings (SSSR count). The van der Waals surface area contributed by atoms with E-state index in [4.69, 9.17) is 5.73 Å². The molecule has 0 amide bonds. The van der Waals surface area contributed by atoms with Gasteiger partial charge in [0.1, 0.15) is 0 Å². The number of benzene rings is 1. The monoisotopic (exact) mass is 257 g/mol. The van der Waals surface area contributed by atoms with Gasteiger partial charge in [-0.05, 0) is 48.0 Å². The van der Waals surface area contributed by atoms with E-state index in [9.17, 15) is 0 Å². The van der Waals surface area contributed by atoms with Crippen LogP contribution in [0.25, 0.3) is 0 Å². The predicted molar refractivity (Wildman–Crippen MR) is 81.0 cm³/mol. The SMILES string of the molecule is CC1(C)CCCCC1C(N)C1CC1c1ccccc1. The van der Waals surface area contributed by atoms with Crippen LogP contribution in [0.1, 0.15) is 57.4 Å². The summed E-state index contributed by atoms with van der Waals surface area (Å²) in [6.07, 6.45) is 6.77. The molecule has 2 aliphatic rings. The first-order valence-corrected chi connectivity index (χ1v) is 7.90. The van der Waals surface area contributed by atoms with E-state index in [0.29, 0.717) is 11.5 Å². The van der Waals surface area contributed by atoms with Gasteiger partial charge in [0.15, 0.2) is 0 Å². The summed E-state index contributed by atoms with van der Waals surface area (Å²) in [4.78, 5) is 0. The van der Waals surface area contributed by atoms with Crippen LogP contribution in [0.3, 0.4) is 0 Å². The number of rotatable bonds is 3. The van der Waals surface area contributed by atoms with Crippen molar-refractivity contribution in [3.05, 3.63) is 35.9 Å². The van der Waals surface area contributed by atoms with Crippen LogP contribution in [0.5, 0.6) is 0 Å². The Morgan fingerprint density at radius 3 is 2.58 bits per heavy atom. The topological polar surface area (TPSA) is 26.0 Å². The zero-order valence-corrected chi connectivity index (χ0v) is 12.3. The molecular weight excluding hydrogens is 230 g/mol. The van der Waals surface area contributed by atoms with Crippen LogP contribution in [0.4, 0.5) is 0 Å². The summed E-state index contributed by atoms with van der Waals surface area (Å²) in [7, 11) is 0. The maximum absolute atomic E-state index is 6.66. The Morgan fingerprint density at radius 2 is 1.89 bits per heavy atom. The highest BCUT2D eigenvalue weighted by Crippen LogP contribution is 2.54. The van der Waals surface area contributed by atoms with Gasteiger partial charge in [0, 0.05) is 6.04 Å². The van der Waals surface area contributed by atoms with Crippen molar-refractivity contribution in [2.45, 2.75) is 57.9 Å². The third-order valence-corrected chi connectivity index (χ3v) is 5.62. The van der Waals surface area contributed by atoms with E-state index < -0.39 is 0 Å². The predicted octanol–water partition coefficient (Wildman–Crippen LogP) is 4.33. The highest BCUT2D eigenvalue weighted by molar-refractivity contribution is 5.27. The van der Waals surface area contributed by atoms with Crippen LogP contribution in [0, 0.1) is 17.3 Å². The second-order valence-electron chi connectivity index (χ2n) is 7.33. The molecule has 2 N–H and O–H groups in total.